The van der Waals surface area contributed by atoms with Gasteiger partial charge in [-0.05, 0) is 25.5 Å². The van der Waals surface area contributed by atoms with E-state index in [1.165, 1.54) is 0 Å². The third-order valence-electron chi connectivity index (χ3n) is 2.79. The van der Waals surface area contributed by atoms with E-state index in [9.17, 15) is 4.79 Å². The van der Waals surface area contributed by atoms with Crippen LogP contribution in [0.1, 0.15) is 33.1 Å². The number of nitrogens with one attached hydrogen (secondary N) is 2. The molecule has 0 heterocycles. The molecule has 0 aromatic heterocycles. The minimum absolute atomic E-state index is 0.200. The molecular formula is C15H24N2O3. The summed E-state index contributed by atoms with van der Waals surface area (Å²) in [5.41, 5.74) is 0.683. The summed E-state index contributed by atoms with van der Waals surface area (Å²) >= 11 is 0. The van der Waals surface area contributed by atoms with Crippen LogP contribution in [0.2, 0.25) is 0 Å². The first-order valence-electron chi connectivity index (χ1n) is 7.07. The number of rotatable bonds is 8. The summed E-state index contributed by atoms with van der Waals surface area (Å²) in [6.07, 6.45) is 3.26. The highest BCUT2D eigenvalue weighted by Gasteiger charge is 2.07. The zero-order chi connectivity index (χ0) is 14.8. The maximum atomic E-state index is 11.7. The van der Waals surface area contributed by atoms with Gasteiger partial charge >= 0.3 is 6.03 Å². The minimum Gasteiger partial charge on any atom is -0.493 e. The highest BCUT2D eigenvalue weighted by Crippen LogP contribution is 2.30. The Bertz CT molecular complexity index is 422. The van der Waals surface area contributed by atoms with E-state index in [2.05, 4.69) is 17.6 Å². The van der Waals surface area contributed by atoms with E-state index in [1.807, 2.05) is 6.92 Å². The van der Waals surface area contributed by atoms with Gasteiger partial charge in [-0.1, -0.05) is 19.8 Å². The Balaban J connectivity index is 2.54. The molecule has 0 unspecified atom stereocenters. The van der Waals surface area contributed by atoms with Crippen LogP contribution in [0.4, 0.5) is 10.5 Å². The lowest BCUT2D eigenvalue weighted by Crippen LogP contribution is -2.29. The molecule has 1 aromatic carbocycles. The number of amides is 2. The standard InChI is InChI=1S/C15H24N2O3/c1-4-6-7-10-16-15(18)17-12-8-9-13(19-3)14(11-12)20-5-2/h8-9,11H,4-7,10H2,1-3H3,(H2,16,17,18). The number of carbonyl (C=O) groups is 1. The van der Waals surface area contributed by atoms with Crippen molar-refractivity contribution in [1.29, 1.82) is 0 Å². The molecule has 1 aromatic rings. The molecule has 0 aliphatic heterocycles. The Labute approximate surface area is 120 Å². The maximum absolute atomic E-state index is 11.7. The molecule has 0 spiro atoms. The van der Waals surface area contributed by atoms with Crippen LogP contribution in [0.25, 0.3) is 0 Å². The van der Waals surface area contributed by atoms with Crippen molar-refractivity contribution < 1.29 is 14.3 Å². The summed E-state index contributed by atoms with van der Waals surface area (Å²) in [7, 11) is 1.59. The van der Waals surface area contributed by atoms with Gasteiger partial charge in [-0.15, -0.1) is 0 Å². The number of unbranched alkanes of at least 4 members (excludes halogenated alkanes) is 2. The van der Waals surface area contributed by atoms with Crippen molar-refractivity contribution in [3.8, 4) is 11.5 Å². The van der Waals surface area contributed by atoms with Crippen LogP contribution >= 0.6 is 0 Å². The number of hydrogen-bond donors (Lipinski definition) is 2. The highest BCUT2D eigenvalue weighted by atomic mass is 16.5. The van der Waals surface area contributed by atoms with Gasteiger partial charge in [0.2, 0.25) is 0 Å². The average molecular weight is 280 g/mol. The quantitative estimate of drug-likeness (QED) is 0.717. The van der Waals surface area contributed by atoms with Crippen LogP contribution in [0.3, 0.4) is 0 Å². The van der Waals surface area contributed by atoms with Gasteiger partial charge in [0.15, 0.2) is 11.5 Å². The van der Waals surface area contributed by atoms with Gasteiger partial charge in [-0.2, -0.15) is 0 Å². The lowest BCUT2D eigenvalue weighted by Gasteiger charge is -2.12. The third-order valence-corrected chi connectivity index (χ3v) is 2.79. The first-order valence-corrected chi connectivity index (χ1v) is 7.07. The van der Waals surface area contributed by atoms with E-state index >= 15 is 0 Å². The van der Waals surface area contributed by atoms with E-state index in [0.717, 1.165) is 19.3 Å². The smallest absolute Gasteiger partial charge is 0.319 e. The number of ether oxygens (including phenoxy) is 2. The van der Waals surface area contributed by atoms with Crippen molar-refractivity contribution >= 4 is 11.7 Å². The Morgan fingerprint density at radius 2 is 2.00 bits per heavy atom. The summed E-state index contributed by atoms with van der Waals surface area (Å²) < 4.78 is 10.7. The zero-order valence-corrected chi connectivity index (χ0v) is 12.5. The van der Waals surface area contributed by atoms with Gasteiger partial charge in [0.25, 0.3) is 0 Å². The van der Waals surface area contributed by atoms with Crippen molar-refractivity contribution in [3.05, 3.63) is 18.2 Å². The van der Waals surface area contributed by atoms with Gasteiger partial charge in [0.1, 0.15) is 0 Å². The molecule has 0 radical (unpaired) electrons. The van der Waals surface area contributed by atoms with Gasteiger partial charge in [-0.3, -0.25) is 0 Å². The van der Waals surface area contributed by atoms with Gasteiger partial charge in [0, 0.05) is 18.3 Å². The molecule has 5 nitrogen and oxygen atoms in total. The van der Waals surface area contributed by atoms with Crippen LogP contribution in [0.15, 0.2) is 18.2 Å². The summed E-state index contributed by atoms with van der Waals surface area (Å²) in [5.74, 6) is 1.28. The summed E-state index contributed by atoms with van der Waals surface area (Å²) in [6, 6.07) is 5.12. The molecular weight excluding hydrogens is 256 g/mol. The number of carbonyl (C=O) groups excluding carboxylic acids is 1. The van der Waals surface area contributed by atoms with Crippen LogP contribution in [0.5, 0.6) is 11.5 Å². The topological polar surface area (TPSA) is 59.6 Å². The second kappa shape index (κ2) is 9.07. The maximum Gasteiger partial charge on any atom is 0.319 e. The first-order chi connectivity index (χ1) is 9.71. The molecule has 0 fully saturated rings. The normalized spacial score (nSPS) is 9.95. The van der Waals surface area contributed by atoms with Gasteiger partial charge in [0.05, 0.1) is 13.7 Å². The molecule has 2 N–H and O–H groups in total. The van der Waals surface area contributed by atoms with Gasteiger partial charge in [-0.25, -0.2) is 4.79 Å². The van der Waals surface area contributed by atoms with E-state index in [4.69, 9.17) is 9.47 Å². The largest absolute Gasteiger partial charge is 0.493 e. The summed E-state index contributed by atoms with van der Waals surface area (Å²) in [6.45, 7) is 5.27. The molecule has 0 saturated heterocycles. The number of hydrogen-bond acceptors (Lipinski definition) is 3. The Morgan fingerprint density at radius 1 is 1.20 bits per heavy atom. The fourth-order valence-corrected chi connectivity index (χ4v) is 1.77. The van der Waals surface area contributed by atoms with E-state index in [1.54, 1.807) is 25.3 Å². The monoisotopic (exact) mass is 280 g/mol. The second-order valence-corrected chi connectivity index (χ2v) is 4.39. The highest BCUT2D eigenvalue weighted by molar-refractivity contribution is 5.89. The van der Waals surface area contributed by atoms with Crippen molar-refractivity contribution in [3.63, 3.8) is 0 Å². The van der Waals surface area contributed by atoms with Crippen molar-refractivity contribution in [2.45, 2.75) is 33.1 Å². The van der Waals surface area contributed by atoms with Crippen LogP contribution in [0, 0.1) is 0 Å². The lowest BCUT2D eigenvalue weighted by atomic mass is 10.2. The number of anilines is 1. The van der Waals surface area contributed by atoms with E-state index in [-0.39, 0.29) is 6.03 Å². The average Bonchev–Trinajstić information content (AvgIpc) is 2.44. The lowest BCUT2D eigenvalue weighted by molar-refractivity contribution is 0.252. The molecule has 0 saturated carbocycles. The van der Waals surface area contributed by atoms with Crippen LogP contribution in [-0.2, 0) is 0 Å². The minimum atomic E-state index is -0.200. The summed E-state index contributed by atoms with van der Waals surface area (Å²) in [5, 5.41) is 5.61. The van der Waals surface area contributed by atoms with Gasteiger partial charge < -0.3 is 20.1 Å². The number of urea groups is 1. The SMILES string of the molecule is CCCCCNC(=O)Nc1ccc(OC)c(OCC)c1. The fourth-order valence-electron chi connectivity index (χ4n) is 1.77. The van der Waals surface area contributed by atoms with Crippen molar-refractivity contribution in [2.75, 3.05) is 25.6 Å². The van der Waals surface area contributed by atoms with Crippen LogP contribution in [-0.4, -0.2) is 26.3 Å². The first kappa shape index (κ1) is 16.1. The predicted octanol–water partition coefficient (Wildman–Crippen LogP) is 3.41. The predicted molar refractivity (Wildman–Crippen MR) is 80.7 cm³/mol. The molecule has 0 aliphatic carbocycles. The summed E-state index contributed by atoms with van der Waals surface area (Å²) in [4.78, 5) is 11.7. The zero-order valence-electron chi connectivity index (χ0n) is 12.5. The molecule has 0 aliphatic rings. The molecule has 20 heavy (non-hydrogen) atoms. The Hall–Kier alpha value is -1.91. The van der Waals surface area contributed by atoms with E-state index < -0.39 is 0 Å². The Morgan fingerprint density at radius 3 is 2.65 bits per heavy atom. The third kappa shape index (κ3) is 5.38. The van der Waals surface area contributed by atoms with Crippen LogP contribution < -0.4 is 20.1 Å². The second-order valence-electron chi connectivity index (χ2n) is 4.39. The molecule has 0 bridgehead atoms. The van der Waals surface area contributed by atoms with Crippen molar-refractivity contribution in [1.82, 2.24) is 5.32 Å². The molecule has 0 atom stereocenters. The fraction of sp³-hybridized carbons (Fsp3) is 0.533. The molecule has 2 amide bonds. The molecule has 5 heteroatoms. The van der Waals surface area contributed by atoms with Crippen molar-refractivity contribution in [2.24, 2.45) is 0 Å². The molecule has 112 valence electrons. The van der Waals surface area contributed by atoms with E-state index in [0.29, 0.717) is 30.3 Å². The number of methoxy groups -OCH3 is 1. The molecule has 1 rings (SSSR count). The number of benzene rings is 1. The Kier molecular flexibility index (Phi) is 7.32.